The maximum atomic E-state index is 12.2. The molecule has 0 aromatic heterocycles. The Bertz CT molecular complexity index is 419. The smallest absolute Gasteiger partial charge is 0.415 e. The second kappa shape index (κ2) is 6.06. The van der Waals surface area contributed by atoms with Crippen LogP contribution in [0.2, 0.25) is 0 Å². The molecule has 0 saturated heterocycles. The lowest BCUT2D eigenvalue weighted by molar-refractivity contribution is 0.0570. The number of nitrogens with two attached hydrogens (primary N) is 1. The summed E-state index contributed by atoms with van der Waals surface area (Å²) < 4.78 is 5.43. The largest absolute Gasteiger partial charge is 0.443 e. The van der Waals surface area contributed by atoms with Crippen molar-refractivity contribution >= 4 is 11.8 Å². The molecular weight excluding hydrogens is 240 g/mol. The highest BCUT2D eigenvalue weighted by Crippen LogP contribution is 2.21. The minimum absolute atomic E-state index is 0.0265. The molecule has 1 amide bonds. The number of ether oxygens (including phenoxy) is 1. The minimum atomic E-state index is -0.499. The van der Waals surface area contributed by atoms with Gasteiger partial charge in [-0.1, -0.05) is 12.1 Å². The molecule has 0 aliphatic heterocycles. The molecule has 0 heterocycles. The third-order valence-electron chi connectivity index (χ3n) is 2.56. The van der Waals surface area contributed by atoms with Crippen LogP contribution in [0.15, 0.2) is 24.3 Å². The summed E-state index contributed by atoms with van der Waals surface area (Å²) in [5.41, 5.74) is 6.93. The molecule has 0 aliphatic carbocycles. The molecule has 106 valence electrons. The molecule has 0 spiro atoms. The lowest BCUT2D eigenvalue weighted by atomic mass is 10.1. The molecule has 2 N–H and O–H groups in total. The molecule has 4 heteroatoms. The second-order valence-electron chi connectivity index (χ2n) is 5.81. The number of anilines is 1. The van der Waals surface area contributed by atoms with E-state index in [0.717, 1.165) is 11.3 Å². The third-order valence-corrected chi connectivity index (χ3v) is 2.56. The summed E-state index contributed by atoms with van der Waals surface area (Å²) in [5.74, 6) is 0. The first kappa shape index (κ1) is 15.5. The van der Waals surface area contributed by atoms with Gasteiger partial charge in [-0.3, -0.25) is 4.90 Å². The van der Waals surface area contributed by atoms with Crippen molar-refractivity contribution in [2.75, 3.05) is 4.90 Å². The predicted octanol–water partition coefficient (Wildman–Crippen LogP) is 3.30. The van der Waals surface area contributed by atoms with E-state index >= 15 is 0 Å². The van der Waals surface area contributed by atoms with E-state index in [1.54, 1.807) is 4.90 Å². The molecule has 1 rings (SSSR count). The molecule has 19 heavy (non-hydrogen) atoms. The molecule has 1 aromatic rings. The Labute approximate surface area is 115 Å². The summed E-state index contributed by atoms with van der Waals surface area (Å²) in [7, 11) is 0. The van der Waals surface area contributed by atoms with E-state index in [2.05, 4.69) is 0 Å². The van der Waals surface area contributed by atoms with Crippen LogP contribution >= 0.6 is 0 Å². The van der Waals surface area contributed by atoms with Gasteiger partial charge in [0.1, 0.15) is 5.60 Å². The van der Waals surface area contributed by atoms with E-state index in [9.17, 15) is 4.79 Å². The fraction of sp³-hybridized carbons (Fsp3) is 0.533. The highest BCUT2D eigenvalue weighted by molar-refractivity contribution is 5.88. The van der Waals surface area contributed by atoms with Crippen molar-refractivity contribution in [3.8, 4) is 0 Å². The molecule has 0 unspecified atom stereocenters. The Kier molecular flexibility index (Phi) is 4.95. The van der Waals surface area contributed by atoms with Crippen molar-refractivity contribution in [2.24, 2.45) is 5.73 Å². The number of nitrogens with zero attached hydrogens (tertiary/aromatic N) is 1. The molecule has 0 radical (unpaired) electrons. The van der Waals surface area contributed by atoms with Crippen LogP contribution in [0.3, 0.4) is 0 Å². The summed E-state index contributed by atoms with van der Waals surface area (Å²) in [6, 6.07) is 7.67. The first-order valence-electron chi connectivity index (χ1n) is 6.56. The van der Waals surface area contributed by atoms with Gasteiger partial charge in [-0.15, -0.1) is 0 Å². The van der Waals surface area contributed by atoms with E-state index in [0.29, 0.717) is 6.54 Å². The lowest BCUT2D eigenvalue weighted by Gasteiger charge is -2.30. The van der Waals surface area contributed by atoms with Gasteiger partial charge in [0.15, 0.2) is 0 Å². The first-order chi connectivity index (χ1) is 8.74. The summed E-state index contributed by atoms with van der Waals surface area (Å²) in [5, 5.41) is 0. The van der Waals surface area contributed by atoms with Gasteiger partial charge in [0.25, 0.3) is 0 Å². The number of hydrogen-bond acceptors (Lipinski definition) is 3. The van der Waals surface area contributed by atoms with Gasteiger partial charge < -0.3 is 10.5 Å². The van der Waals surface area contributed by atoms with Gasteiger partial charge in [0.2, 0.25) is 0 Å². The second-order valence-corrected chi connectivity index (χ2v) is 5.81. The van der Waals surface area contributed by atoms with Crippen molar-refractivity contribution in [1.29, 1.82) is 0 Å². The van der Waals surface area contributed by atoms with Gasteiger partial charge in [0, 0.05) is 18.3 Å². The Hall–Kier alpha value is -1.55. The standard InChI is InChI=1S/C15H24N2O2/c1-11(2)17(14(18)19-15(3,4)5)13-8-6-12(10-16)7-9-13/h6-9,11H,10,16H2,1-5H3. The third kappa shape index (κ3) is 4.56. The fourth-order valence-corrected chi connectivity index (χ4v) is 1.72. The highest BCUT2D eigenvalue weighted by atomic mass is 16.6. The molecule has 0 fully saturated rings. The zero-order valence-corrected chi connectivity index (χ0v) is 12.4. The minimum Gasteiger partial charge on any atom is -0.443 e. The SMILES string of the molecule is CC(C)N(C(=O)OC(C)(C)C)c1ccc(CN)cc1. The number of amides is 1. The summed E-state index contributed by atoms with van der Waals surface area (Å²) in [6.07, 6.45) is -0.331. The number of carbonyl (C=O) groups is 1. The van der Waals surface area contributed by atoms with Crippen molar-refractivity contribution in [3.05, 3.63) is 29.8 Å². The summed E-state index contributed by atoms with van der Waals surface area (Å²) >= 11 is 0. The molecule has 4 nitrogen and oxygen atoms in total. The van der Waals surface area contributed by atoms with Gasteiger partial charge in [0.05, 0.1) is 0 Å². The molecule has 0 atom stereocenters. The van der Waals surface area contributed by atoms with Crippen LogP contribution in [-0.2, 0) is 11.3 Å². The monoisotopic (exact) mass is 264 g/mol. The van der Waals surface area contributed by atoms with E-state index in [-0.39, 0.29) is 12.1 Å². The van der Waals surface area contributed by atoms with Crippen LogP contribution in [0.4, 0.5) is 10.5 Å². The normalized spacial score (nSPS) is 11.5. The predicted molar refractivity (Wildman–Crippen MR) is 78.2 cm³/mol. The molecule has 0 saturated carbocycles. The van der Waals surface area contributed by atoms with Crippen LogP contribution in [0, 0.1) is 0 Å². The zero-order chi connectivity index (χ0) is 14.6. The van der Waals surface area contributed by atoms with Crippen LogP contribution in [0.25, 0.3) is 0 Å². The number of carbonyl (C=O) groups excluding carboxylic acids is 1. The number of hydrogen-bond donors (Lipinski definition) is 1. The van der Waals surface area contributed by atoms with Gasteiger partial charge >= 0.3 is 6.09 Å². The Morgan fingerprint density at radius 1 is 1.26 bits per heavy atom. The quantitative estimate of drug-likeness (QED) is 0.911. The van der Waals surface area contributed by atoms with Crippen LogP contribution in [-0.4, -0.2) is 17.7 Å². The molecule has 1 aromatic carbocycles. The van der Waals surface area contributed by atoms with Gasteiger partial charge in [-0.25, -0.2) is 4.79 Å². The van der Waals surface area contributed by atoms with Gasteiger partial charge in [-0.2, -0.15) is 0 Å². The summed E-state index contributed by atoms with van der Waals surface area (Å²) in [6.45, 7) is 10.00. The fourth-order valence-electron chi connectivity index (χ4n) is 1.72. The van der Waals surface area contributed by atoms with E-state index in [1.165, 1.54) is 0 Å². The maximum absolute atomic E-state index is 12.2. The molecular formula is C15H24N2O2. The number of rotatable bonds is 3. The highest BCUT2D eigenvalue weighted by Gasteiger charge is 2.25. The van der Waals surface area contributed by atoms with Crippen LogP contribution < -0.4 is 10.6 Å². The average Bonchev–Trinajstić information content (AvgIpc) is 2.27. The van der Waals surface area contributed by atoms with E-state index in [1.807, 2.05) is 58.9 Å². The van der Waals surface area contributed by atoms with Crippen molar-refractivity contribution in [3.63, 3.8) is 0 Å². The Balaban J connectivity index is 2.96. The van der Waals surface area contributed by atoms with E-state index in [4.69, 9.17) is 10.5 Å². The topological polar surface area (TPSA) is 55.6 Å². The first-order valence-corrected chi connectivity index (χ1v) is 6.56. The van der Waals surface area contributed by atoms with Crippen molar-refractivity contribution in [1.82, 2.24) is 0 Å². The Morgan fingerprint density at radius 2 is 1.79 bits per heavy atom. The van der Waals surface area contributed by atoms with Crippen molar-refractivity contribution in [2.45, 2.75) is 52.8 Å². The zero-order valence-electron chi connectivity index (χ0n) is 12.4. The number of benzene rings is 1. The van der Waals surface area contributed by atoms with Crippen LogP contribution in [0.5, 0.6) is 0 Å². The Morgan fingerprint density at radius 3 is 2.16 bits per heavy atom. The molecule has 0 bridgehead atoms. The summed E-state index contributed by atoms with van der Waals surface area (Å²) in [4.78, 5) is 13.9. The van der Waals surface area contributed by atoms with Crippen molar-refractivity contribution < 1.29 is 9.53 Å². The molecule has 0 aliphatic rings. The van der Waals surface area contributed by atoms with Gasteiger partial charge in [-0.05, 0) is 52.3 Å². The van der Waals surface area contributed by atoms with Crippen LogP contribution in [0.1, 0.15) is 40.2 Å². The van der Waals surface area contributed by atoms with E-state index < -0.39 is 5.60 Å². The lowest BCUT2D eigenvalue weighted by Crippen LogP contribution is -2.41. The average molecular weight is 264 g/mol. The maximum Gasteiger partial charge on any atom is 0.415 e.